The monoisotopic (exact) mass is 452 g/mol. The minimum absolute atomic E-state index is 0.00800. The number of carbonyl (C=O) groups is 1. The summed E-state index contributed by atoms with van der Waals surface area (Å²) in [4.78, 5) is 24.9. The van der Waals surface area contributed by atoms with Crippen molar-refractivity contribution in [1.29, 1.82) is 0 Å². The zero-order valence-electron chi connectivity index (χ0n) is 14.5. The highest BCUT2D eigenvalue weighted by Gasteiger charge is 2.32. The average Bonchev–Trinajstić information content (AvgIpc) is 3.10. The van der Waals surface area contributed by atoms with Gasteiger partial charge in [-0.05, 0) is 36.6 Å². The molecule has 1 aliphatic rings. The Labute approximate surface area is 165 Å². The molecular formula is C18H17BrN2O5S. The maximum Gasteiger partial charge on any atom is 0.271 e. The van der Waals surface area contributed by atoms with E-state index in [0.29, 0.717) is 6.54 Å². The van der Waals surface area contributed by atoms with Crippen molar-refractivity contribution >= 4 is 37.4 Å². The molecule has 1 unspecified atom stereocenters. The maximum atomic E-state index is 13.1. The molecule has 142 valence electrons. The van der Waals surface area contributed by atoms with E-state index >= 15 is 0 Å². The van der Waals surface area contributed by atoms with E-state index in [-0.39, 0.29) is 16.5 Å². The van der Waals surface area contributed by atoms with Crippen molar-refractivity contribution in [3.8, 4) is 0 Å². The first-order chi connectivity index (χ1) is 12.7. The van der Waals surface area contributed by atoms with Gasteiger partial charge in [0.15, 0.2) is 9.84 Å². The van der Waals surface area contributed by atoms with Crippen LogP contribution in [0, 0.1) is 10.1 Å². The van der Waals surface area contributed by atoms with Crippen molar-refractivity contribution in [3.05, 3.63) is 68.2 Å². The largest absolute Gasteiger partial charge is 0.332 e. The quantitative estimate of drug-likeness (QED) is 0.519. The predicted octanol–water partition coefficient (Wildman–Crippen LogP) is 3.74. The number of rotatable bonds is 4. The maximum absolute atomic E-state index is 13.1. The Hall–Kier alpha value is -2.26. The van der Waals surface area contributed by atoms with Crippen LogP contribution in [-0.2, 0) is 9.84 Å². The SMILES string of the molecule is CS(=O)(=O)c1cc(C(=O)N2CCCC2c2ccc(Br)cc2)cc([N+](=O)[O-])c1. The molecule has 27 heavy (non-hydrogen) atoms. The van der Waals surface area contributed by atoms with Gasteiger partial charge in [0.2, 0.25) is 0 Å². The number of carbonyl (C=O) groups excluding carboxylic acids is 1. The van der Waals surface area contributed by atoms with E-state index in [4.69, 9.17) is 0 Å². The van der Waals surface area contributed by atoms with Gasteiger partial charge < -0.3 is 4.90 Å². The second kappa shape index (κ2) is 7.40. The molecule has 7 nitrogen and oxygen atoms in total. The molecule has 0 radical (unpaired) electrons. The van der Waals surface area contributed by atoms with Crippen molar-refractivity contribution in [2.75, 3.05) is 12.8 Å². The van der Waals surface area contributed by atoms with Crippen molar-refractivity contribution in [2.45, 2.75) is 23.8 Å². The molecule has 2 aromatic carbocycles. The number of non-ortho nitro benzene ring substituents is 1. The van der Waals surface area contributed by atoms with E-state index in [9.17, 15) is 23.3 Å². The van der Waals surface area contributed by atoms with E-state index < -0.39 is 26.4 Å². The third-order valence-corrected chi connectivity index (χ3v) is 6.17. The number of sulfone groups is 1. The normalized spacial score (nSPS) is 17.1. The lowest BCUT2D eigenvalue weighted by Crippen LogP contribution is -2.30. The molecule has 0 spiro atoms. The van der Waals surface area contributed by atoms with Gasteiger partial charge in [0.1, 0.15) is 0 Å². The van der Waals surface area contributed by atoms with E-state index in [1.807, 2.05) is 24.3 Å². The summed E-state index contributed by atoms with van der Waals surface area (Å²) < 4.78 is 24.7. The van der Waals surface area contributed by atoms with Crippen LogP contribution in [0.2, 0.25) is 0 Å². The number of benzene rings is 2. The van der Waals surface area contributed by atoms with E-state index in [1.165, 1.54) is 6.07 Å². The molecule has 0 saturated carbocycles. The van der Waals surface area contributed by atoms with E-state index in [0.717, 1.165) is 41.3 Å². The molecule has 1 aliphatic heterocycles. The molecule has 0 aliphatic carbocycles. The zero-order valence-corrected chi connectivity index (χ0v) is 16.9. The number of halogens is 1. The molecule has 3 rings (SSSR count). The van der Waals surface area contributed by atoms with Crippen LogP contribution in [0.5, 0.6) is 0 Å². The molecule has 0 aromatic heterocycles. The molecule has 2 aromatic rings. The van der Waals surface area contributed by atoms with E-state index in [2.05, 4.69) is 15.9 Å². The first-order valence-electron chi connectivity index (χ1n) is 8.23. The van der Waals surface area contributed by atoms with Gasteiger partial charge in [-0.25, -0.2) is 8.42 Å². The zero-order chi connectivity index (χ0) is 19.8. The first-order valence-corrected chi connectivity index (χ1v) is 10.9. The minimum atomic E-state index is -3.69. The number of nitro groups is 1. The van der Waals surface area contributed by atoms with Gasteiger partial charge in [0, 0.05) is 35.0 Å². The number of hydrogen-bond acceptors (Lipinski definition) is 5. The Kier molecular flexibility index (Phi) is 5.34. The molecule has 0 bridgehead atoms. The fraction of sp³-hybridized carbons (Fsp3) is 0.278. The van der Waals surface area contributed by atoms with Crippen LogP contribution in [0.1, 0.15) is 34.8 Å². The molecule has 1 atom stereocenters. The fourth-order valence-electron chi connectivity index (χ4n) is 3.23. The Morgan fingerprint density at radius 2 is 1.89 bits per heavy atom. The second-order valence-electron chi connectivity index (χ2n) is 6.45. The molecule has 1 heterocycles. The topological polar surface area (TPSA) is 97.6 Å². The van der Waals surface area contributed by atoms with Gasteiger partial charge in [-0.15, -0.1) is 0 Å². The van der Waals surface area contributed by atoms with Crippen LogP contribution in [0.25, 0.3) is 0 Å². The molecule has 9 heteroatoms. The highest BCUT2D eigenvalue weighted by molar-refractivity contribution is 9.10. The number of nitro benzene ring substituents is 1. The molecule has 1 saturated heterocycles. The number of amides is 1. The highest BCUT2D eigenvalue weighted by atomic mass is 79.9. The molecular weight excluding hydrogens is 436 g/mol. The van der Waals surface area contributed by atoms with E-state index in [1.54, 1.807) is 4.90 Å². The molecule has 0 N–H and O–H groups in total. The summed E-state index contributed by atoms with van der Waals surface area (Å²) in [6.45, 7) is 0.510. The number of nitrogens with zero attached hydrogens (tertiary/aromatic N) is 2. The van der Waals surface area contributed by atoms with Crippen LogP contribution in [0.4, 0.5) is 5.69 Å². The summed E-state index contributed by atoms with van der Waals surface area (Å²) in [5.41, 5.74) is 0.562. The lowest BCUT2D eigenvalue weighted by atomic mass is 10.0. The number of hydrogen-bond donors (Lipinski definition) is 0. The second-order valence-corrected chi connectivity index (χ2v) is 9.38. The highest BCUT2D eigenvalue weighted by Crippen LogP contribution is 2.34. The van der Waals surface area contributed by atoms with Crippen LogP contribution in [0.3, 0.4) is 0 Å². The lowest BCUT2D eigenvalue weighted by molar-refractivity contribution is -0.385. The summed E-state index contributed by atoms with van der Waals surface area (Å²) >= 11 is 3.38. The Bertz CT molecular complexity index is 1000. The van der Waals surface area contributed by atoms with Gasteiger partial charge in [-0.2, -0.15) is 0 Å². The van der Waals surface area contributed by atoms with Crippen molar-refractivity contribution in [3.63, 3.8) is 0 Å². The minimum Gasteiger partial charge on any atom is -0.332 e. The summed E-state index contributed by atoms with van der Waals surface area (Å²) in [7, 11) is -3.69. The van der Waals surface area contributed by atoms with Gasteiger partial charge in [-0.1, -0.05) is 28.1 Å². The third kappa shape index (κ3) is 4.19. The van der Waals surface area contributed by atoms with Gasteiger partial charge >= 0.3 is 0 Å². The smallest absolute Gasteiger partial charge is 0.271 e. The van der Waals surface area contributed by atoms with Gasteiger partial charge in [0.25, 0.3) is 11.6 Å². The summed E-state index contributed by atoms with van der Waals surface area (Å²) in [5, 5.41) is 11.2. The van der Waals surface area contributed by atoms with Crippen molar-refractivity contribution in [2.24, 2.45) is 0 Å². The fourth-order valence-corrected chi connectivity index (χ4v) is 4.17. The molecule has 1 fully saturated rings. The Balaban J connectivity index is 2.00. The van der Waals surface area contributed by atoms with Crippen LogP contribution < -0.4 is 0 Å². The Morgan fingerprint density at radius 3 is 2.48 bits per heavy atom. The van der Waals surface area contributed by atoms with Gasteiger partial charge in [0.05, 0.1) is 15.9 Å². The average molecular weight is 453 g/mol. The van der Waals surface area contributed by atoms with Crippen molar-refractivity contribution < 1.29 is 18.1 Å². The summed E-state index contributed by atoms with van der Waals surface area (Å²) in [6, 6.07) is 10.8. The van der Waals surface area contributed by atoms with Gasteiger partial charge in [-0.3, -0.25) is 14.9 Å². The number of likely N-dealkylation sites (tertiary alicyclic amines) is 1. The van der Waals surface area contributed by atoms with Crippen LogP contribution in [-0.4, -0.2) is 36.9 Å². The van der Waals surface area contributed by atoms with Crippen molar-refractivity contribution in [1.82, 2.24) is 4.90 Å². The lowest BCUT2D eigenvalue weighted by Gasteiger charge is -2.25. The van der Waals surface area contributed by atoms with Crippen LogP contribution in [0.15, 0.2) is 51.8 Å². The van der Waals surface area contributed by atoms with Crippen LogP contribution >= 0.6 is 15.9 Å². The predicted molar refractivity (Wildman–Crippen MR) is 103 cm³/mol. The standard InChI is InChI=1S/C18H17BrN2O5S/c1-27(25,26)16-10-13(9-15(11-16)21(23)24)18(22)20-8-2-3-17(20)12-4-6-14(19)7-5-12/h4-7,9-11,17H,2-3,8H2,1H3. The Morgan fingerprint density at radius 1 is 1.22 bits per heavy atom. The summed E-state index contributed by atoms with van der Waals surface area (Å²) in [6.07, 6.45) is 2.54. The third-order valence-electron chi connectivity index (χ3n) is 4.55. The molecule has 1 amide bonds. The summed E-state index contributed by atoms with van der Waals surface area (Å²) in [5.74, 6) is -0.408. The first kappa shape index (κ1) is 19.5.